The molecule has 6 rings (SSSR count). The Bertz CT molecular complexity index is 1820. The number of nitrogens with one attached hydrogen (secondary N) is 4. The first-order chi connectivity index (χ1) is 21.9. The van der Waals surface area contributed by atoms with E-state index < -0.39 is 17.7 Å². The Morgan fingerprint density at radius 1 is 0.978 bits per heavy atom. The van der Waals surface area contributed by atoms with Crippen molar-refractivity contribution in [2.45, 2.75) is 50.9 Å². The average Bonchev–Trinajstić information content (AvgIpc) is 3.47. The zero-order valence-electron chi connectivity index (χ0n) is 24.1. The molecule has 2 amide bonds. The van der Waals surface area contributed by atoms with Crippen molar-refractivity contribution in [3.05, 3.63) is 102 Å². The summed E-state index contributed by atoms with van der Waals surface area (Å²) in [6.07, 6.45) is 7.56. The Morgan fingerprint density at radius 3 is 2.69 bits per heavy atom. The number of benzene rings is 1. The van der Waals surface area contributed by atoms with Crippen LogP contribution in [0, 0.1) is 11.6 Å². The number of pyridine rings is 2. The Kier molecular flexibility index (Phi) is 8.85. The zero-order valence-corrected chi connectivity index (χ0v) is 24.1. The predicted octanol–water partition coefficient (Wildman–Crippen LogP) is 5.27. The van der Waals surface area contributed by atoms with Crippen LogP contribution in [0.1, 0.15) is 47.3 Å². The number of carbonyl (C=O) groups is 2. The summed E-state index contributed by atoms with van der Waals surface area (Å²) in [7, 11) is 0. The van der Waals surface area contributed by atoms with Gasteiger partial charge in [0.2, 0.25) is 0 Å². The number of hydrogen-bond acceptors (Lipinski definition) is 8. The van der Waals surface area contributed by atoms with Crippen LogP contribution in [0.15, 0.2) is 73.3 Å². The maximum Gasteiger partial charge on any atom is 0.407 e. The number of H-pyrrole nitrogens is 1. The number of halogens is 2. The lowest BCUT2D eigenvalue weighted by Crippen LogP contribution is -2.42. The van der Waals surface area contributed by atoms with Crippen LogP contribution < -0.4 is 16.0 Å². The number of fused-ring (bicyclic) bond motifs is 1. The molecule has 4 N–H and O–H groups in total. The van der Waals surface area contributed by atoms with Gasteiger partial charge in [-0.05, 0) is 55.0 Å². The third-order valence-electron chi connectivity index (χ3n) is 7.54. The van der Waals surface area contributed by atoms with Crippen LogP contribution in [0.25, 0.3) is 22.4 Å². The molecule has 0 bridgehead atoms. The maximum atomic E-state index is 14.8. The summed E-state index contributed by atoms with van der Waals surface area (Å²) >= 11 is 0. The van der Waals surface area contributed by atoms with E-state index in [0.717, 1.165) is 37.2 Å². The van der Waals surface area contributed by atoms with Gasteiger partial charge in [0.1, 0.15) is 23.8 Å². The summed E-state index contributed by atoms with van der Waals surface area (Å²) in [5, 5.41) is 9.37. The van der Waals surface area contributed by atoms with E-state index in [1.54, 1.807) is 18.3 Å². The van der Waals surface area contributed by atoms with Crippen molar-refractivity contribution in [3.8, 4) is 11.4 Å². The minimum absolute atomic E-state index is 0.0185. The number of nitrogens with zero attached hydrogens (tertiary/aromatic N) is 4. The fourth-order valence-corrected chi connectivity index (χ4v) is 5.32. The molecule has 11 nitrogen and oxygen atoms in total. The summed E-state index contributed by atoms with van der Waals surface area (Å²) < 4.78 is 33.9. The fourth-order valence-electron chi connectivity index (χ4n) is 5.32. The number of carbonyl (C=O) groups excluding carboxylic acids is 2. The molecule has 45 heavy (non-hydrogen) atoms. The van der Waals surface area contributed by atoms with E-state index in [2.05, 4.69) is 40.9 Å². The second kappa shape index (κ2) is 13.5. The molecule has 1 unspecified atom stereocenters. The number of alkyl carbamates (subject to hydrolysis) is 1. The van der Waals surface area contributed by atoms with E-state index in [1.807, 2.05) is 30.3 Å². The molecule has 0 saturated heterocycles. The van der Waals surface area contributed by atoms with Crippen LogP contribution in [0.2, 0.25) is 0 Å². The molecule has 1 saturated carbocycles. The van der Waals surface area contributed by atoms with Gasteiger partial charge in [0, 0.05) is 42.0 Å². The first kappa shape index (κ1) is 29.6. The summed E-state index contributed by atoms with van der Waals surface area (Å²) in [4.78, 5) is 44.8. The van der Waals surface area contributed by atoms with Crippen LogP contribution in [-0.4, -0.2) is 49.0 Å². The van der Waals surface area contributed by atoms with Crippen LogP contribution in [0.4, 0.5) is 19.4 Å². The number of rotatable bonds is 9. The molecule has 0 radical (unpaired) electrons. The molecule has 1 aromatic carbocycles. The molecular formula is C32H30F2N8O3. The van der Waals surface area contributed by atoms with Crippen molar-refractivity contribution in [1.29, 1.82) is 0 Å². The fraction of sp³-hybridized carbons (Fsp3) is 0.250. The van der Waals surface area contributed by atoms with Crippen LogP contribution in [-0.2, 0) is 17.9 Å². The Balaban J connectivity index is 1.04. The minimum atomic E-state index is -0.619. The van der Waals surface area contributed by atoms with Gasteiger partial charge in [-0.2, -0.15) is 0 Å². The van der Waals surface area contributed by atoms with Gasteiger partial charge in [-0.3, -0.25) is 9.78 Å². The van der Waals surface area contributed by atoms with Crippen LogP contribution in [0.3, 0.4) is 0 Å². The first-order valence-electron chi connectivity index (χ1n) is 14.5. The molecule has 1 aliphatic rings. The van der Waals surface area contributed by atoms with Crippen molar-refractivity contribution in [1.82, 2.24) is 35.6 Å². The average molecular weight is 613 g/mol. The van der Waals surface area contributed by atoms with Crippen LogP contribution >= 0.6 is 0 Å². The zero-order chi connectivity index (χ0) is 31.2. The lowest BCUT2D eigenvalue weighted by molar-refractivity contribution is 0.0921. The summed E-state index contributed by atoms with van der Waals surface area (Å²) in [5.74, 6) is -1.23. The number of anilines is 1. The molecule has 0 spiro atoms. The lowest BCUT2D eigenvalue weighted by atomic mass is 9.91. The van der Waals surface area contributed by atoms with Gasteiger partial charge < -0.3 is 25.7 Å². The third-order valence-corrected chi connectivity index (χ3v) is 7.54. The molecule has 1 fully saturated rings. The molecule has 13 heteroatoms. The highest BCUT2D eigenvalue weighted by Gasteiger charge is 2.26. The number of aromatic amines is 1. The highest BCUT2D eigenvalue weighted by Crippen LogP contribution is 2.28. The smallest absolute Gasteiger partial charge is 0.407 e. The van der Waals surface area contributed by atoms with Gasteiger partial charge in [-0.25, -0.2) is 28.5 Å². The predicted molar refractivity (Wildman–Crippen MR) is 162 cm³/mol. The van der Waals surface area contributed by atoms with Gasteiger partial charge in [-0.15, -0.1) is 0 Å². The van der Waals surface area contributed by atoms with E-state index >= 15 is 0 Å². The molecule has 0 aliphatic heterocycles. The summed E-state index contributed by atoms with van der Waals surface area (Å²) in [6.45, 7) is 0.324. The molecule has 2 atom stereocenters. The van der Waals surface area contributed by atoms with E-state index in [1.165, 1.54) is 12.3 Å². The van der Waals surface area contributed by atoms with E-state index in [9.17, 15) is 18.4 Å². The van der Waals surface area contributed by atoms with E-state index in [-0.39, 0.29) is 41.9 Å². The highest BCUT2D eigenvalue weighted by atomic mass is 19.1. The Hall–Kier alpha value is -5.46. The lowest BCUT2D eigenvalue weighted by Gasteiger charge is -2.30. The Labute approximate surface area is 256 Å². The van der Waals surface area contributed by atoms with Gasteiger partial charge in [-0.1, -0.05) is 30.3 Å². The SMILES string of the molecule is O=C(NCc1ccccc1)OCc1ccnc(C(=O)NC2CCC[C@H](Nc3nc(-c4c[nH]c5ncc(F)cc45)ncc3F)C2)c1. The number of aromatic nitrogens is 5. The number of ether oxygens (including phenoxy) is 1. The largest absolute Gasteiger partial charge is 0.445 e. The van der Waals surface area contributed by atoms with Gasteiger partial charge in [0.15, 0.2) is 17.5 Å². The summed E-state index contributed by atoms with van der Waals surface area (Å²) in [5.41, 5.74) is 2.74. The monoisotopic (exact) mass is 612 g/mol. The normalized spacial score (nSPS) is 16.2. The van der Waals surface area contributed by atoms with E-state index in [4.69, 9.17) is 4.74 Å². The number of hydrogen-bond donors (Lipinski definition) is 4. The van der Waals surface area contributed by atoms with Crippen molar-refractivity contribution < 1.29 is 23.1 Å². The first-order valence-corrected chi connectivity index (χ1v) is 14.5. The van der Waals surface area contributed by atoms with Crippen LogP contribution in [0.5, 0.6) is 0 Å². The second-order valence-electron chi connectivity index (χ2n) is 10.8. The van der Waals surface area contributed by atoms with Gasteiger partial charge in [0.05, 0.1) is 12.4 Å². The molecule has 1 aliphatic carbocycles. The minimum Gasteiger partial charge on any atom is -0.445 e. The topological polar surface area (TPSA) is 147 Å². The highest BCUT2D eigenvalue weighted by molar-refractivity contribution is 5.93. The van der Waals surface area contributed by atoms with Crippen molar-refractivity contribution in [3.63, 3.8) is 0 Å². The van der Waals surface area contributed by atoms with Crippen molar-refractivity contribution in [2.75, 3.05) is 5.32 Å². The molecule has 230 valence electrons. The maximum absolute atomic E-state index is 14.8. The second-order valence-corrected chi connectivity index (χ2v) is 10.8. The standard InChI is InChI=1S/C32H30F2N8O3/c33-21-12-24-25(16-37-28(24)36-15-21)29-38-17-26(34)30(42-29)40-22-7-4-8-23(13-22)41-31(43)27-11-20(9-10-35-27)18-45-32(44)39-14-19-5-2-1-3-6-19/h1-3,5-6,9-12,15-17,22-23H,4,7-8,13-14,18H2,(H,36,37)(H,39,44)(H,41,43)(H,38,40,42)/t22-,23?/m0/s1. The number of amides is 2. The van der Waals surface area contributed by atoms with Gasteiger partial charge in [0.25, 0.3) is 5.91 Å². The van der Waals surface area contributed by atoms with Crippen molar-refractivity contribution >= 4 is 28.9 Å². The molecule has 5 aromatic rings. The summed E-state index contributed by atoms with van der Waals surface area (Å²) in [6, 6.07) is 13.7. The Morgan fingerprint density at radius 2 is 1.82 bits per heavy atom. The molecule has 4 heterocycles. The molecular weight excluding hydrogens is 582 g/mol. The molecule has 4 aromatic heterocycles. The van der Waals surface area contributed by atoms with E-state index in [0.29, 0.717) is 35.1 Å². The van der Waals surface area contributed by atoms with Crippen molar-refractivity contribution in [2.24, 2.45) is 0 Å². The quantitative estimate of drug-likeness (QED) is 0.176. The third kappa shape index (κ3) is 7.37. The van der Waals surface area contributed by atoms with Gasteiger partial charge >= 0.3 is 6.09 Å².